The Hall–Kier alpha value is -5.22. The second kappa shape index (κ2) is 13.9. The number of rotatable bonds is 10. The predicted octanol–water partition coefficient (Wildman–Crippen LogP) is 6.35. The lowest BCUT2D eigenvalue weighted by Crippen LogP contribution is -2.30. The number of non-ortho nitro benzene ring substituents is 1. The molecule has 0 atom stereocenters. The molecule has 212 valence electrons. The van der Waals surface area contributed by atoms with Crippen LogP contribution in [0.25, 0.3) is 6.08 Å². The van der Waals surface area contributed by atoms with E-state index >= 15 is 0 Å². The molecule has 0 aliphatic rings. The van der Waals surface area contributed by atoms with Gasteiger partial charge in [0.1, 0.15) is 5.70 Å². The number of nitro groups is 1. The van der Waals surface area contributed by atoms with E-state index in [1.165, 1.54) is 23.9 Å². The standard InChI is InChI=1S/C32H28N4O5S/c1-21-8-6-7-11-24(21)18-29(35-31(38)23-9-4-3-5-10-23)32(39)33-25-13-16-27(17-14-25)42-20-30(37)34-28-19-26(36(40)41)15-12-22(28)2/h3-19H,20H2,1-2H3,(H,33,39)(H,34,37)(H,35,38)/b29-18-. The van der Waals surface area contributed by atoms with Crippen LogP contribution in [0, 0.1) is 24.0 Å². The molecule has 0 radical (unpaired) electrons. The van der Waals surface area contributed by atoms with Crippen LogP contribution in [0.5, 0.6) is 0 Å². The van der Waals surface area contributed by atoms with Gasteiger partial charge < -0.3 is 16.0 Å². The van der Waals surface area contributed by atoms with Gasteiger partial charge in [-0.05, 0) is 73.0 Å². The van der Waals surface area contributed by atoms with Gasteiger partial charge in [0, 0.05) is 28.3 Å². The number of benzene rings is 4. The molecule has 42 heavy (non-hydrogen) atoms. The molecule has 10 heteroatoms. The minimum absolute atomic E-state index is 0.0860. The number of nitrogens with one attached hydrogen (secondary N) is 3. The van der Waals surface area contributed by atoms with E-state index in [0.717, 1.165) is 21.6 Å². The van der Waals surface area contributed by atoms with Gasteiger partial charge in [0.05, 0.1) is 16.4 Å². The molecular weight excluding hydrogens is 552 g/mol. The zero-order chi connectivity index (χ0) is 30.1. The highest BCUT2D eigenvalue weighted by molar-refractivity contribution is 8.00. The molecule has 4 aromatic rings. The number of hydrogen-bond acceptors (Lipinski definition) is 6. The third-order valence-electron chi connectivity index (χ3n) is 6.21. The van der Waals surface area contributed by atoms with Crippen molar-refractivity contribution in [2.45, 2.75) is 18.7 Å². The van der Waals surface area contributed by atoms with E-state index in [2.05, 4.69) is 16.0 Å². The maximum Gasteiger partial charge on any atom is 0.272 e. The zero-order valence-electron chi connectivity index (χ0n) is 22.9. The quantitative estimate of drug-likeness (QED) is 0.0867. The van der Waals surface area contributed by atoms with Gasteiger partial charge in [0.15, 0.2) is 0 Å². The summed E-state index contributed by atoms with van der Waals surface area (Å²) in [6.45, 7) is 3.68. The van der Waals surface area contributed by atoms with Gasteiger partial charge in [0.25, 0.3) is 17.5 Å². The average Bonchev–Trinajstić information content (AvgIpc) is 2.99. The van der Waals surface area contributed by atoms with Crippen LogP contribution in [-0.2, 0) is 9.59 Å². The summed E-state index contributed by atoms with van der Waals surface area (Å²) in [6.07, 6.45) is 1.64. The van der Waals surface area contributed by atoms with Gasteiger partial charge in [0.2, 0.25) is 5.91 Å². The fourth-order valence-electron chi connectivity index (χ4n) is 3.87. The Morgan fingerprint density at radius 2 is 1.52 bits per heavy atom. The average molecular weight is 581 g/mol. The molecule has 0 aromatic heterocycles. The van der Waals surface area contributed by atoms with E-state index < -0.39 is 16.7 Å². The van der Waals surface area contributed by atoms with Crippen LogP contribution in [0.3, 0.4) is 0 Å². The lowest BCUT2D eigenvalue weighted by molar-refractivity contribution is -0.384. The summed E-state index contributed by atoms with van der Waals surface area (Å²) in [5.41, 5.74) is 3.76. The number of amides is 3. The highest BCUT2D eigenvalue weighted by atomic mass is 32.2. The second-order valence-corrected chi connectivity index (χ2v) is 10.4. The van der Waals surface area contributed by atoms with Crippen molar-refractivity contribution in [3.63, 3.8) is 0 Å². The molecule has 0 aliphatic carbocycles. The summed E-state index contributed by atoms with van der Waals surface area (Å²) in [6, 6.07) is 27.4. The molecular formula is C32H28N4O5S. The normalized spacial score (nSPS) is 11.0. The highest BCUT2D eigenvalue weighted by Gasteiger charge is 2.16. The Balaban J connectivity index is 1.40. The van der Waals surface area contributed by atoms with Crippen LogP contribution in [0.15, 0.2) is 108 Å². The summed E-state index contributed by atoms with van der Waals surface area (Å²) < 4.78 is 0. The van der Waals surface area contributed by atoms with Crippen molar-refractivity contribution in [1.82, 2.24) is 5.32 Å². The monoisotopic (exact) mass is 580 g/mol. The van der Waals surface area contributed by atoms with E-state index in [4.69, 9.17) is 0 Å². The van der Waals surface area contributed by atoms with E-state index in [1.807, 2.05) is 31.2 Å². The number of nitrogens with zero attached hydrogens (tertiary/aromatic N) is 1. The fourth-order valence-corrected chi connectivity index (χ4v) is 4.57. The summed E-state index contributed by atoms with van der Waals surface area (Å²) in [7, 11) is 0. The summed E-state index contributed by atoms with van der Waals surface area (Å²) >= 11 is 1.28. The zero-order valence-corrected chi connectivity index (χ0v) is 23.7. The molecule has 4 rings (SSSR count). The lowest BCUT2D eigenvalue weighted by Gasteiger charge is -2.12. The minimum Gasteiger partial charge on any atom is -0.325 e. The predicted molar refractivity (Wildman–Crippen MR) is 165 cm³/mol. The molecule has 9 nitrogen and oxygen atoms in total. The highest BCUT2D eigenvalue weighted by Crippen LogP contribution is 2.24. The first kappa shape index (κ1) is 29.8. The molecule has 3 N–H and O–H groups in total. The molecule has 0 saturated heterocycles. The van der Waals surface area contributed by atoms with Gasteiger partial charge in [-0.15, -0.1) is 11.8 Å². The van der Waals surface area contributed by atoms with Crippen LogP contribution in [0.4, 0.5) is 17.1 Å². The Morgan fingerprint density at radius 1 is 0.833 bits per heavy atom. The van der Waals surface area contributed by atoms with Gasteiger partial charge >= 0.3 is 0 Å². The molecule has 0 bridgehead atoms. The van der Waals surface area contributed by atoms with E-state index in [0.29, 0.717) is 16.9 Å². The molecule has 0 fully saturated rings. The Kier molecular flexibility index (Phi) is 9.85. The van der Waals surface area contributed by atoms with Crippen LogP contribution in [-0.4, -0.2) is 28.4 Å². The maximum absolute atomic E-state index is 13.3. The van der Waals surface area contributed by atoms with Crippen molar-refractivity contribution in [2.75, 3.05) is 16.4 Å². The van der Waals surface area contributed by atoms with Crippen molar-refractivity contribution in [2.24, 2.45) is 0 Å². The molecule has 0 saturated carbocycles. The smallest absolute Gasteiger partial charge is 0.272 e. The third-order valence-corrected chi connectivity index (χ3v) is 7.22. The van der Waals surface area contributed by atoms with Crippen LogP contribution < -0.4 is 16.0 Å². The van der Waals surface area contributed by atoms with Gasteiger partial charge in [-0.1, -0.05) is 48.5 Å². The maximum atomic E-state index is 13.3. The van der Waals surface area contributed by atoms with Crippen molar-refractivity contribution < 1.29 is 19.3 Å². The number of carbonyl (C=O) groups is 3. The molecule has 0 unspecified atom stereocenters. The summed E-state index contributed by atoms with van der Waals surface area (Å²) in [4.78, 5) is 49.9. The number of nitro benzene ring substituents is 1. The van der Waals surface area contributed by atoms with Crippen LogP contribution in [0.1, 0.15) is 27.0 Å². The largest absolute Gasteiger partial charge is 0.325 e. The van der Waals surface area contributed by atoms with E-state index in [9.17, 15) is 24.5 Å². The van der Waals surface area contributed by atoms with Gasteiger partial charge in [-0.25, -0.2) is 0 Å². The van der Waals surface area contributed by atoms with Gasteiger partial charge in [-0.3, -0.25) is 24.5 Å². The van der Waals surface area contributed by atoms with Crippen molar-refractivity contribution in [1.29, 1.82) is 0 Å². The number of thioether (sulfide) groups is 1. The van der Waals surface area contributed by atoms with Gasteiger partial charge in [-0.2, -0.15) is 0 Å². The lowest BCUT2D eigenvalue weighted by atomic mass is 10.1. The SMILES string of the molecule is Cc1ccccc1/C=C(\NC(=O)c1ccccc1)C(=O)Nc1ccc(SCC(=O)Nc2cc([N+](=O)[O-])ccc2C)cc1. The van der Waals surface area contributed by atoms with E-state index in [1.54, 1.807) is 73.7 Å². The molecule has 0 aliphatic heterocycles. The number of anilines is 2. The molecule has 0 spiro atoms. The number of hydrogen-bond donors (Lipinski definition) is 3. The molecule has 3 amide bonds. The second-order valence-electron chi connectivity index (χ2n) is 9.31. The minimum atomic E-state index is -0.511. The molecule has 4 aromatic carbocycles. The fraction of sp³-hybridized carbons (Fsp3) is 0.0938. The summed E-state index contributed by atoms with van der Waals surface area (Å²) in [5.74, 6) is -1.12. The van der Waals surface area contributed by atoms with E-state index in [-0.39, 0.29) is 23.0 Å². The summed E-state index contributed by atoms with van der Waals surface area (Å²) in [5, 5.41) is 19.3. The third kappa shape index (κ3) is 8.15. The van der Waals surface area contributed by atoms with Crippen molar-refractivity contribution in [3.05, 3.63) is 135 Å². The van der Waals surface area contributed by atoms with Crippen molar-refractivity contribution in [3.8, 4) is 0 Å². The molecule has 0 heterocycles. The first-order valence-electron chi connectivity index (χ1n) is 12.9. The Bertz CT molecular complexity index is 1650. The number of carbonyl (C=O) groups excluding carboxylic acids is 3. The van der Waals surface area contributed by atoms with Crippen LogP contribution >= 0.6 is 11.8 Å². The first-order chi connectivity index (χ1) is 20.2. The topological polar surface area (TPSA) is 130 Å². The van der Waals surface area contributed by atoms with Crippen LogP contribution in [0.2, 0.25) is 0 Å². The first-order valence-corrected chi connectivity index (χ1v) is 13.9. The Labute approximate surface area is 247 Å². The number of aryl methyl sites for hydroxylation is 2. The Morgan fingerprint density at radius 3 is 2.21 bits per heavy atom. The van der Waals surface area contributed by atoms with Crippen molar-refractivity contribution >= 4 is 52.6 Å².